The van der Waals surface area contributed by atoms with Crippen LogP contribution < -0.4 is 5.73 Å². The lowest BCUT2D eigenvalue weighted by molar-refractivity contribution is 0.306. The van der Waals surface area contributed by atoms with Crippen LogP contribution >= 0.6 is 11.6 Å². The third-order valence-corrected chi connectivity index (χ3v) is 4.35. The molecule has 2 atom stereocenters. The maximum Gasteiger partial charge on any atom is 0.146 e. The highest BCUT2D eigenvalue weighted by Crippen LogP contribution is 2.38. The van der Waals surface area contributed by atoms with Crippen LogP contribution in [0.15, 0.2) is 12.1 Å². The van der Waals surface area contributed by atoms with E-state index in [1.807, 2.05) is 13.1 Å². The Hall–Kier alpha value is -0.640. The van der Waals surface area contributed by atoms with Gasteiger partial charge in [-0.2, -0.15) is 0 Å². The molecule has 1 heterocycles. The first-order chi connectivity index (χ1) is 8.93. The molecule has 2 nitrogen and oxygen atoms in total. The Morgan fingerprint density at radius 2 is 2.16 bits per heavy atom. The molecule has 0 bridgehead atoms. The molecule has 19 heavy (non-hydrogen) atoms. The van der Waals surface area contributed by atoms with Crippen LogP contribution in [0.4, 0.5) is 4.39 Å². The van der Waals surface area contributed by atoms with Crippen molar-refractivity contribution < 1.29 is 4.39 Å². The fourth-order valence-electron chi connectivity index (χ4n) is 2.85. The molecule has 0 saturated carbocycles. The van der Waals surface area contributed by atoms with E-state index in [2.05, 4.69) is 18.7 Å². The first kappa shape index (κ1) is 14.8. The Morgan fingerprint density at radius 1 is 1.47 bits per heavy atom. The van der Waals surface area contributed by atoms with Crippen molar-refractivity contribution >= 4 is 11.6 Å². The van der Waals surface area contributed by atoms with Gasteiger partial charge in [-0.25, -0.2) is 4.39 Å². The minimum atomic E-state index is -0.277. The predicted molar refractivity (Wildman–Crippen MR) is 78.0 cm³/mol. The Labute approximate surface area is 119 Å². The number of nitrogens with two attached hydrogens (primary N) is 1. The summed E-state index contributed by atoms with van der Waals surface area (Å²) >= 11 is 6.04. The Balaban J connectivity index is 2.39. The average Bonchev–Trinajstić information content (AvgIpc) is 2.73. The highest BCUT2D eigenvalue weighted by molar-refractivity contribution is 6.30. The molecule has 0 aliphatic carbocycles. The molecule has 1 fully saturated rings. The topological polar surface area (TPSA) is 29.3 Å². The van der Waals surface area contributed by atoms with E-state index < -0.39 is 0 Å². The molecule has 1 aliphatic rings. The quantitative estimate of drug-likeness (QED) is 0.920. The molecule has 1 saturated heterocycles. The summed E-state index contributed by atoms with van der Waals surface area (Å²) in [5, 5.41) is 0.228. The zero-order valence-electron chi connectivity index (χ0n) is 11.8. The zero-order chi connectivity index (χ0) is 14.2. The molecule has 0 spiro atoms. The molecule has 0 aromatic heterocycles. The normalized spacial score (nSPS) is 24.4. The van der Waals surface area contributed by atoms with Crippen molar-refractivity contribution in [1.29, 1.82) is 0 Å². The van der Waals surface area contributed by atoms with Gasteiger partial charge in [-0.15, -0.1) is 0 Å². The van der Waals surface area contributed by atoms with Gasteiger partial charge in [0.05, 0.1) is 5.02 Å². The van der Waals surface area contributed by atoms with Gasteiger partial charge in [-0.1, -0.05) is 31.5 Å². The van der Waals surface area contributed by atoms with E-state index in [9.17, 15) is 4.39 Å². The summed E-state index contributed by atoms with van der Waals surface area (Å²) in [5.41, 5.74) is 7.54. The van der Waals surface area contributed by atoms with E-state index in [1.165, 1.54) is 0 Å². The van der Waals surface area contributed by atoms with Crippen molar-refractivity contribution in [3.63, 3.8) is 0 Å². The number of halogens is 2. The number of hydrogen-bond donors (Lipinski definition) is 1. The van der Waals surface area contributed by atoms with E-state index in [1.54, 1.807) is 6.07 Å². The lowest BCUT2D eigenvalue weighted by atomic mass is 9.94. The summed E-state index contributed by atoms with van der Waals surface area (Å²) in [6, 6.07) is 3.79. The number of rotatable bonds is 3. The van der Waals surface area contributed by atoms with Crippen LogP contribution in [0.2, 0.25) is 5.02 Å². The van der Waals surface area contributed by atoms with Crippen molar-refractivity contribution in [3.05, 3.63) is 34.1 Å². The SMILES string of the molecule is CC(C)c1cc(Cl)c(F)c(C2CC(CN)CN2C)c1. The molecule has 4 heteroatoms. The number of benzene rings is 1. The van der Waals surface area contributed by atoms with Gasteiger partial charge >= 0.3 is 0 Å². The van der Waals surface area contributed by atoms with E-state index in [-0.39, 0.29) is 16.9 Å². The summed E-state index contributed by atoms with van der Waals surface area (Å²) < 4.78 is 14.3. The Bertz CT molecular complexity index is 462. The molecule has 0 amide bonds. The number of hydrogen-bond acceptors (Lipinski definition) is 2. The Morgan fingerprint density at radius 3 is 2.68 bits per heavy atom. The number of nitrogens with zero attached hydrogens (tertiary/aromatic N) is 1. The number of likely N-dealkylation sites (tertiary alicyclic amines) is 1. The predicted octanol–water partition coefficient (Wildman–Crippen LogP) is 3.55. The maximum atomic E-state index is 14.3. The van der Waals surface area contributed by atoms with Gasteiger partial charge < -0.3 is 5.73 Å². The third kappa shape index (κ3) is 2.93. The molecular formula is C15H22ClFN2. The van der Waals surface area contributed by atoms with Crippen LogP contribution in [0.3, 0.4) is 0 Å². The minimum Gasteiger partial charge on any atom is -0.330 e. The summed E-state index contributed by atoms with van der Waals surface area (Å²) in [7, 11) is 2.02. The summed E-state index contributed by atoms with van der Waals surface area (Å²) in [6.07, 6.45) is 0.905. The monoisotopic (exact) mass is 284 g/mol. The Kier molecular flexibility index (Phi) is 4.49. The van der Waals surface area contributed by atoms with Crippen LogP contribution in [0, 0.1) is 11.7 Å². The highest BCUT2D eigenvalue weighted by atomic mass is 35.5. The summed E-state index contributed by atoms with van der Waals surface area (Å²) in [5.74, 6) is 0.505. The first-order valence-corrected chi connectivity index (χ1v) is 7.21. The molecule has 1 aromatic rings. The van der Waals surface area contributed by atoms with Crippen molar-refractivity contribution in [3.8, 4) is 0 Å². The molecule has 1 aromatic carbocycles. The van der Waals surface area contributed by atoms with E-state index in [0.29, 0.717) is 18.4 Å². The van der Waals surface area contributed by atoms with Crippen molar-refractivity contribution in [2.45, 2.75) is 32.2 Å². The highest BCUT2D eigenvalue weighted by Gasteiger charge is 2.32. The molecule has 1 aliphatic heterocycles. The second kappa shape index (κ2) is 5.78. The van der Waals surface area contributed by atoms with E-state index in [4.69, 9.17) is 17.3 Å². The molecule has 2 rings (SSSR count). The maximum absolute atomic E-state index is 14.3. The standard InChI is InChI=1S/C15H22ClFN2/c1-9(2)11-5-12(15(17)13(16)6-11)14-4-10(7-18)8-19(14)3/h5-6,9-10,14H,4,7-8,18H2,1-3H3. The second-order valence-electron chi connectivity index (χ2n) is 5.85. The summed E-state index contributed by atoms with van der Waals surface area (Å²) in [4.78, 5) is 2.18. The van der Waals surface area contributed by atoms with Gasteiger partial charge in [0.2, 0.25) is 0 Å². The third-order valence-electron chi connectivity index (χ3n) is 4.07. The van der Waals surface area contributed by atoms with Gasteiger partial charge in [0.1, 0.15) is 5.82 Å². The van der Waals surface area contributed by atoms with Gasteiger partial charge in [0.25, 0.3) is 0 Å². The largest absolute Gasteiger partial charge is 0.330 e. The lowest BCUT2D eigenvalue weighted by Gasteiger charge is -2.22. The summed E-state index contributed by atoms with van der Waals surface area (Å²) in [6.45, 7) is 5.76. The van der Waals surface area contributed by atoms with E-state index >= 15 is 0 Å². The molecule has 0 radical (unpaired) electrons. The van der Waals surface area contributed by atoms with Crippen molar-refractivity contribution in [2.24, 2.45) is 11.7 Å². The van der Waals surface area contributed by atoms with Gasteiger partial charge in [-0.3, -0.25) is 4.90 Å². The van der Waals surface area contributed by atoms with Crippen LogP contribution in [0.5, 0.6) is 0 Å². The molecule has 2 N–H and O–H groups in total. The van der Waals surface area contributed by atoms with Crippen LogP contribution in [-0.4, -0.2) is 25.0 Å². The zero-order valence-corrected chi connectivity index (χ0v) is 12.5. The lowest BCUT2D eigenvalue weighted by Crippen LogP contribution is -2.21. The van der Waals surface area contributed by atoms with Crippen LogP contribution in [0.1, 0.15) is 43.4 Å². The second-order valence-corrected chi connectivity index (χ2v) is 6.26. The van der Waals surface area contributed by atoms with Gasteiger partial charge in [0.15, 0.2) is 0 Å². The fraction of sp³-hybridized carbons (Fsp3) is 0.600. The smallest absolute Gasteiger partial charge is 0.146 e. The van der Waals surface area contributed by atoms with Crippen LogP contribution in [0.25, 0.3) is 0 Å². The average molecular weight is 285 g/mol. The minimum absolute atomic E-state index is 0.0877. The molecule has 106 valence electrons. The van der Waals surface area contributed by atoms with Gasteiger partial charge in [0, 0.05) is 18.2 Å². The molecular weight excluding hydrogens is 263 g/mol. The van der Waals surface area contributed by atoms with Crippen molar-refractivity contribution in [1.82, 2.24) is 4.90 Å². The fourth-order valence-corrected chi connectivity index (χ4v) is 3.08. The van der Waals surface area contributed by atoms with Crippen molar-refractivity contribution in [2.75, 3.05) is 20.1 Å². The van der Waals surface area contributed by atoms with E-state index in [0.717, 1.165) is 24.1 Å². The van der Waals surface area contributed by atoms with Gasteiger partial charge in [-0.05, 0) is 43.5 Å². The molecule has 2 unspecified atom stereocenters. The van der Waals surface area contributed by atoms with Crippen LogP contribution in [-0.2, 0) is 0 Å². The first-order valence-electron chi connectivity index (χ1n) is 6.83.